The fourth-order valence-corrected chi connectivity index (χ4v) is 14.1. The Kier molecular flexibility index (Phi) is 36.2. The van der Waals surface area contributed by atoms with Crippen molar-refractivity contribution in [1.82, 2.24) is 56.8 Å². The van der Waals surface area contributed by atoms with Crippen molar-refractivity contribution in [3.63, 3.8) is 0 Å². The predicted octanol–water partition coefficient (Wildman–Crippen LogP) is -1.60. The molecule has 1 aromatic rings. The van der Waals surface area contributed by atoms with Gasteiger partial charge in [-0.1, -0.05) is 73.9 Å². The zero-order chi connectivity index (χ0) is 85.4. The van der Waals surface area contributed by atoms with Gasteiger partial charge < -0.3 is 98.1 Å². The molecule has 37 nitrogen and oxygen atoms in total. The van der Waals surface area contributed by atoms with E-state index in [2.05, 4.69) is 37.2 Å². The van der Waals surface area contributed by atoms with Crippen LogP contribution in [0.15, 0.2) is 24.3 Å². The highest BCUT2D eigenvalue weighted by Crippen LogP contribution is 2.29. The second kappa shape index (κ2) is 43.8. The average molecular weight is 1610 g/mol. The van der Waals surface area contributed by atoms with Gasteiger partial charge >= 0.3 is 17.9 Å². The molecule has 17 atom stereocenters. The monoisotopic (exact) mass is 1610 g/mol. The lowest BCUT2D eigenvalue weighted by Crippen LogP contribution is -2.62. The third-order valence-corrected chi connectivity index (χ3v) is 21.0. The van der Waals surface area contributed by atoms with E-state index in [1.54, 1.807) is 65.8 Å². The number of fused-ring (bicyclic) bond motifs is 1. The highest BCUT2D eigenvalue weighted by atomic mass is 16.6. The third kappa shape index (κ3) is 26.9. The number of nitrogens with zero attached hydrogens (tertiary/aromatic N) is 4. The number of hydrogen-bond acceptors (Lipinski definition) is 23. The number of nitrogens with two attached hydrogens (primary N) is 3. The van der Waals surface area contributed by atoms with Gasteiger partial charge in [-0.25, -0.2) is 9.59 Å². The van der Waals surface area contributed by atoms with Crippen LogP contribution < -0.4 is 59.2 Å². The maximum atomic E-state index is 15.4. The molecule has 5 rings (SSSR count). The summed E-state index contributed by atoms with van der Waals surface area (Å²) in [5.41, 5.74) is 16.7. The second-order valence-corrected chi connectivity index (χ2v) is 31.2. The first-order valence-corrected chi connectivity index (χ1v) is 39.1. The number of nitrogens with one attached hydrogen (secondary N) is 7. The number of likely N-dealkylation sites (tertiary alicyclic amines) is 1. The van der Waals surface area contributed by atoms with E-state index in [9.17, 15) is 67.4 Å². The van der Waals surface area contributed by atoms with E-state index in [0.717, 1.165) is 21.6 Å². The minimum atomic E-state index is -1.93. The Morgan fingerprint density at radius 1 is 0.702 bits per heavy atom. The number of rotatable bonds is 32. The number of Topliss-reactive ketones (excluding diaryl/α,β-unsaturated/α-hetero) is 1. The molecule has 0 bridgehead atoms. The van der Waals surface area contributed by atoms with Crippen LogP contribution in [0, 0.1) is 29.6 Å². The van der Waals surface area contributed by atoms with Crippen molar-refractivity contribution in [3.8, 4) is 5.75 Å². The van der Waals surface area contributed by atoms with E-state index in [-0.39, 0.29) is 83.2 Å². The number of cyclic esters (lactones) is 2. The minimum Gasteiger partial charge on any atom is -0.497 e. The number of likely N-dealkylation sites (N-methyl/N-ethyl adjacent to an activating group) is 2. The molecule has 14 amide bonds. The highest BCUT2D eigenvalue weighted by Gasteiger charge is 2.47. The Bertz CT molecular complexity index is 3670. The van der Waals surface area contributed by atoms with Crippen LogP contribution in [-0.2, 0) is 107 Å². The Morgan fingerprint density at radius 2 is 1.28 bits per heavy atom. The van der Waals surface area contributed by atoms with Gasteiger partial charge in [-0.3, -0.25) is 76.7 Å². The van der Waals surface area contributed by atoms with Crippen LogP contribution in [0.25, 0.3) is 0 Å². The highest BCUT2D eigenvalue weighted by molar-refractivity contribution is 6.05. The van der Waals surface area contributed by atoms with Crippen LogP contribution in [0.3, 0.4) is 0 Å². The van der Waals surface area contributed by atoms with Gasteiger partial charge in [-0.15, -0.1) is 0 Å². The number of primary amides is 3. The van der Waals surface area contributed by atoms with E-state index in [0.29, 0.717) is 17.7 Å². The van der Waals surface area contributed by atoms with Crippen molar-refractivity contribution in [3.05, 3.63) is 29.8 Å². The number of hydrogen-bond donors (Lipinski definition) is 11. The zero-order valence-corrected chi connectivity index (χ0v) is 67.7. The molecule has 37 heteroatoms. The van der Waals surface area contributed by atoms with Crippen molar-refractivity contribution >= 4 is 106 Å². The van der Waals surface area contributed by atoms with Gasteiger partial charge in [-0.05, 0) is 126 Å². The SMILES string of the molecule is CCC(C)[C@H]1NC(=O)[C@H](NC(=O)C(CC(C)C)N(C)C(=O)C2CCCN2C(=O)C(C)OC(=O)C(CCC(N)=O)NC(=O)C(CCC(N)=O)NC(=O)C(CCC(N)=O)NC(=O)C2CCC(=O)N2)[C@@H](C)OC(=O)[C@H](Cc2ccc(OC)cc2)N(C)C(=O)[C@@H]2CCCN2C(=O)[C@H](CC(C)C)NC(=O)[C@H](C)C(=O)[C@H](C(C)C)OC(=O)C[C@@H]1O. The molecule has 4 saturated heterocycles. The molecule has 0 spiro atoms. The molecule has 4 heterocycles. The van der Waals surface area contributed by atoms with Crippen molar-refractivity contribution in [1.29, 1.82) is 0 Å². The van der Waals surface area contributed by atoms with Crippen LogP contribution in [0.5, 0.6) is 5.75 Å². The number of ketones is 1. The number of amides is 14. The van der Waals surface area contributed by atoms with Crippen LogP contribution in [0.4, 0.5) is 0 Å². The summed E-state index contributed by atoms with van der Waals surface area (Å²) >= 11 is 0. The number of ether oxygens (including phenoxy) is 4. The summed E-state index contributed by atoms with van der Waals surface area (Å²) < 4.78 is 23.0. The lowest BCUT2D eigenvalue weighted by atomic mass is 9.91. The van der Waals surface area contributed by atoms with Gasteiger partial charge in [0.05, 0.1) is 31.6 Å². The van der Waals surface area contributed by atoms with Crippen molar-refractivity contribution in [2.24, 2.45) is 46.8 Å². The molecule has 4 fully saturated rings. The standard InChI is InChI=1S/C77H118N14O23/c1-15-41(8)62-56(92)37-61(97)114-65(40(6)7)64(98)42(9)66(99)85-51(34-38(2)3)73(106)91-33-17-19-53(91)75(108)89(13)55(36-45-20-22-46(111-14)23-21-45)77(110)112-43(10)63(71(104)86-62)87-70(103)54(35-39(4)5)88(12)74(107)52-18-16-32-90(52)72(105)44(11)113-76(109)50(26-30-59(80)95)84-69(102)49(25-29-58(79)94)83-68(101)48(24-28-57(78)93)82-67(100)47-27-31-60(96)81-47/h20-23,38-44,47-56,62-63,65,92H,15-19,24-37H2,1-14H3,(H2,78,93)(H2,79,94)(H2,80,95)(H,81,96)(H,82,100)(H,83,101)(H,84,102)(H,85,99)(H,86,104)(H,87,103)/t41?,42-,43-,44?,47?,48?,49?,50?,51+,52?,53+,54?,55+,56+,62-,63-,65+/m1/s1. The van der Waals surface area contributed by atoms with Crippen molar-refractivity contribution < 1.29 is 110 Å². The summed E-state index contributed by atoms with van der Waals surface area (Å²) in [7, 11) is 4.08. The molecule has 0 radical (unpaired) electrons. The average Bonchev–Trinajstić information content (AvgIpc) is 1.46. The second-order valence-electron chi connectivity index (χ2n) is 31.2. The first-order chi connectivity index (χ1) is 53.5. The molecular weight excluding hydrogens is 1490 g/mol. The molecule has 114 heavy (non-hydrogen) atoms. The minimum absolute atomic E-state index is 0.00320. The Labute approximate surface area is 663 Å². The zero-order valence-electron chi connectivity index (χ0n) is 67.7. The van der Waals surface area contributed by atoms with Crippen molar-refractivity contribution in [2.75, 3.05) is 34.3 Å². The summed E-state index contributed by atoms with van der Waals surface area (Å²) in [6.07, 6.45) is -9.74. The van der Waals surface area contributed by atoms with Gasteiger partial charge in [-0.2, -0.15) is 0 Å². The van der Waals surface area contributed by atoms with Crippen LogP contribution in [-0.4, -0.2) is 256 Å². The number of carbonyl (C=O) groups is 18. The Hall–Kier alpha value is -10.4. The Morgan fingerprint density at radius 3 is 1.82 bits per heavy atom. The maximum Gasteiger partial charge on any atom is 0.329 e. The summed E-state index contributed by atoms with van der Waals surface area (Å²) in [5.74, 6) is -19.5. The number of aliphatic hydroxyl groups excluding tert-OH is 1. The van der Waals surface area contributed by atoms with E-state index in [4.69, 9.17) is 36.1 Å². The van der Waals surface area contributed by atoms with Gasteiger partial charge in [0.15, 0.2) is 18.0 Å². The largest absolute Gasteiger partial charge is 0.497 e. The molecule has 4 aliphatic rings. The first-order valence-electron chi connectivity index (χ1n) is 39.1. The number of methoxy groups -OCH3 is 1. The lowest BCUT2D eigenvalue weighted by molar-refractivity contribution is -0.163. The number of benzene rings is 1. The summed E-state index contributed by atoms with van der Waals surface area (Å²) in [4.78, 5) is 256. The lowest BCUT2D eigenvalue weighted by Gasteiger charge is -2.36. The summed E-state index contributed by atoms with van der Waals surface area (Å²) in [6.45, 7) is 17.3. The number of aliphatic hydroxyl groups is 1. The van der Waals surface area contributed by atoms with Gasteiger partial charge in [0.2, 0.25) is 76.8 Å². The van der Waals surface area contributed by atoms with E-state index >= 15 is 24.0 Å². The first kappa shape index (κ1) is 94.2. The topological polar surface area (TPSA) is 540 Å². The molecule has 0 aromatic heterocycles. The third-order valence-electron chi connectivity index (χ3n) is 21.0. The maximum absolute atomic E-state index is 15.4. The summed E-state index contributed by atoms with van der Waals surface area (Å²) in [6, 6.07) is -9.61. The van der Waals surface area contributed by atoms with Gasteiger partial charge in [0, 0.05) is 59.3 Å². The molecule has 4 aliphatic heterocycles. The molecule has 1 aromatic carbocycles. The van der Waals surface area contributed by atoms with Crippen LogP contribution in [0.2, 0.25) is 0 Å². The fourth-order valence-electron chi connectivity index (χ4n) is 14.1. The van der Waals surface area contributed by atoms with Gasteiger partial charge in [0.25, 0.3) is 5.91 Å². The molecule has 0 saturated carbocycles. The quantitative estimate of drug-likeness (QED) is 0.0220. The smallest absolute Gasteiger partial charge is 0.329 e. The summed E-state index contributed by atoms with van der Waals surface area (Å²) in [5, 5.41) is 29.8. The van der Waals surface area contributed by atoms with Gasteiger partial charge in [0.1, 0.15) is 72.3 Å². The molecule has 14 N–H and O–H groups in total. The molecule has 0 aliphatic carbocycles. The number of esters is 3. The van der Waals surface area contributed by atoms with E-state index in [1.165, 1.54) is 40.0 Å². The van der Waals surface area contributed by atoms with Crippen LogP contribution in [0.1, 0.15) is 184 Å². The van der Waals surface area contributed by atoms with E-state index in [1.807, 2.05) is 13.8 Å². The molecular formula is C77H118N14O23. The van der Waals surface area contributed by atoms with Crippen molar-refractivity contribution in [2.45, 2.75) is 276 Å². The molecule has 8 unspecified atom stereocenters. The van der Waals surface area contributed by atoms with Crippen LogP contribution >= 0.6 is 0 Å². The normalized spacial score (nSPS) is 24.6. The van der Waals surface area contributed by atoms with E-state index < -0.39 is 259 Å². The fraction of sp³-hybridized carbons (Fsp3) is 0.688. The predicted molar refractivity (Wildman–Crippen MR) is 406 cm³/mol. The molecule has 634 valence electrons. The Balaban J connectivity index is 1.50. The number of carbonyl (C=O) groups excluding carboxylic acids is 18.